The van der Waals surface area contributed by atoms with Crippen LogP contribution in [-0.4, -0.2) is 69.7 Å². The molecule has 1 unspecified atom stereocenters. The molecule has 0 aliphatic rings. The first kappa shape index (κ1) is 27.4. The Bertz CT molecular complexity index is 907. The highest BCUT2D eigenvalue weighted by Gasteiger charge is 2.20. The fraction of sp³-hybridized carbons (Fsp3) is 0.500. The van der Waals surface area contributed by atoms with Crippen LogP contribution in [0.3, 0.4) is 0 Å². The van der Waals surface area contributed by atoms with E-state index in [4.69, 9.17) is 8.91 Å². The SMILES string of the molecule is CCN(CC(F)CNc1nonc1C(=Nc1ccc(F)c(Br)c1)NO)OSN(C)NC(C)C. The van der Waals surface area contributed by atoms with Crippen molar-refractivity contribution in [1.82, 2.24) is 30.7 Å². The molecule has 2 aromatic rings. The molecule has 0 amide bonds. The van der Waals surface area contributed by atoms with E-state index < -0.39 is 12.0 Å². The van der Waals surface area contributed by atoms with Crippen LogP contribution in [0.1, 0.15) is 26.5 Å². The molecular weight excluding hydrogens is 526 g/mol. The number of aliphatic imine (C=N–C) groups is 1. The summed E-state index contributed by atoms with van der Waals surface area (Å²) in [5.74, 6) is -0.514. The molecule has 1 aromatic heterocycles. The maximum atomic E-state index is 14.6. The molecule has 11 nitrogen and oxygen atoms in total. The third-order valence-electron chi connectivity index (χ3n) is 3.90. The molecular formula is C18H27BrF2N8O3S. The van der Waals surface area contributed by atoms with Crippen molar-refractivity contribution in [2.24, 2.45) is 4.99 Å². The molecule has 1 aromatic carbocycles. The maximum Gasteiger partial charge on any atom is 0.202 e. The van der Waals surface area contributed by atoms with Crippen LogP contribution in [0.25, 0.3) is 0 Å². The Labute approximate surface area is 203 Å². The van der Waals surface area contributed by atoms with E-state index >= 15 is 0 Å². The molecule has 1 heterocycles. The van der Waals surface area contributed by atoms with Crippen molar-refractivity contribution >= 4 is 45.5 Å². The fourth-order valence-electron chi connectivity index (χ4n) is 2.46. The largest absolute Gasteiger partial charge is 0.362 e. The summed E-state index contributed by atoms with van der Waals surface area (Å²) in [6.45, 7) is 6.16. The second kappa shape index (κ2) is 13.7. The Morgan fingerprint density at radius 1 is 1.39 bits per heavy atom. The third kappa shape index (κ3) is 9.11. The first-order valence-electron chi connectivity index (χ1n) is 9.97. The molecule has 0 bridgehead atoms. The molecule has 2 rings (SSSR count). The standard InChI is InChI=1S/C18H27BrF2N8O3S/c1-5-29(32-33-28(4)24-11(2)3)10-12(20)9-22-17-16(26-31-27-17)18(25-30)23-13-6-7-15(21)14(19)8-13/h6-8,11-12,24,30H,5,9-10H2,1-4H3,(H,22,27)(H,23,25). The van der Waals surface area contributed by atoms with Gasteiger partial charge in [-0.2, -0.15) is 9.48 Å². The zero-order valence-electron chi connectivity index (χ0n) is 18.5. The number of hydroxylamine groups is 3. The van der Waals surface area contributed by atoms with Crippen molar-refractivity contribution in [3.05, 3.63) is 34.2 Å². The number of hydrogen-bond donors (Lipinski definition) is 4. The predicted octanol–water partition coefficient (Wildman–Crippen LogP) is 3.44. The lowest BCUT2D eigenvalue weighted by atomic mass is 10.3. The van der Waals surface area contributed by atoms with Gasteiger partial charge in [-0.1, -0.05) is 6.92 Å². The van der Waals surface area contributed by atoms with E-state index in [0.717, 1.165) is 12.2 Å². The summed E-state index contributed by atoms with van der Waals surface area (Å²) in [4.78, 5) is 4.15. The number of aromatic nitrogens is 2. The summed E-state index contributed by atoms with van der Waals surface area (Å²) in [5.41, 5.74) is 5.36. The number of anilines is 1. The average molecular weight is 553 g/mol. The highest BCUT2D eigenvalue weighted by atomic mass is 79.9. The summed E-state index contributed by atoms with van der Waals surface area (Å²) in [6, 6.07) is 4.26. The normalized spacial score (nSPS) is 13.2. The lowest BCUT2D eigenvalue weighted by Crippen LogP contribution is -2.37. The van der Waals surface area contributed by atoms with Crippen molar-refractivity contribution in [1.29, 1.82) is 0 Å². The number of rotatable bonds is 13. The van der Waals surface area contributed by atoms with Crippen molar-refractivity contribution in [3.63, 3.8) is 0 Å². The van der Waals surface area contributed by atoms with Crippen LogP contribution in [0.5, 0.6) is 0 Å². The van der Waals surface area contributed by atoms with Gasteiger partial charge in [-0.15, -0.1) is 0 Å². The molecule has 15 heteroatoms. The van der Waals surface area contributed by atoms with Crippen molar-refractivity contribution in [3.8, 4) is 0 Å². The summed E-state index contributed by atoms with van der Waals surface area (Å²) >= 11 is 4.12. The van der Waals surface area contributed by atoms with E-state index in [1.807, 2.05) is 26.3 Å². The van der Waals surface area contributed by atoms with Gasteiger partial charge >= 0.3 is 0 Å². The van der Waals surface area contributed by atoms with Gasteiger partial charge in [0, 0.05) is 26.2 Å². The summed E-state index contributed by atoms with van der Waals surface area (Å²) in [5, 5.41) is 21.1. The van der Waals surface area contributed by atoms with Crippen LogP contribution in [-0.2, 0) is 4.28 Å². The molecule has 0 fully saturated rings. The summed E-state index contributed by atoms with van der Waals surface area (Å²) in [7, 11) is 1.80. The quantitative estimate of drug-likeness (QED) is 0.0959. The Balaban J connectivity index is 1.95. The molecule has 0 aliphatic heterocycles. The van der Waals surface area contributed by atoms with Gasteiger partial charge in [-0.3, -0.25) is 10.7 Å². The number of nitrogens with zero attached hydrogens (tertiary/aromatic N) is 5. The second-order valence-corrected chi connectivity index (χ2v) is 8.72. The monoisotopic (exact) mass is 552 g/mol. The number of benzene rings is 1. The molecule has 33 heavy (non-hydrogen) atoms. The van der Waals surface area contributed by atoms with Crippen molar-refractivity contribution in [2.75, 3.05) is 32.0 Å². The summed E-state index contributed by atoms with van der Waals surface area (Å²) in [6.07, 6.45) is -1.33. The number of hydrogen-bond acceptors (Lipinski definition) is 11. The maximum absolute atomic E-state index is 14.6. The first-order valence-corrected chi connectivity index (χ1v) is 11.5. The van der Waals surface area contributed by atoms with Gasteiger partial charge in [0.25, 0.3) is 0 Å². The van der Waals surface area contributed by atoms with E-state index in [2.05, 4.69) is 42.0 Å². The molecule has 0 radical (unpaired) electrons. The molecule has 0 spiro atoms. The fourth-order valence-corrected chi connectivity index (χ4v) is 3.44. The van der Waals surface area contributed by atoms with Gasteiger partial charge in [0.15, 0.2) is 11.5 Å². The van der Waals surface area contributed by atoms with Crippen molar-refractivity contribution < 1.29 is 22.9 Å². The summed E-state index contributed by atoms with van der Waals surface area (Å²) < 4.78 is 40.1. The molecule has 0 aliphatic carbocycles. The van der Waals surface area contributed by atoms with Crippen molar-refractivity contribution in [2.45, 2.75) is 33.0 Å². The van der Waals surface area contributed by atoms with E-state index in [9.17, 15) is 14.0 Å². The zero-order valence-corrected chi connectivity index (χ0v) is 21.0. The van der Waals surface area contributed by atoms with Crippen LogP contribution >= 0.6 is 28.2 Å². The Hall–Kier alpha value is -1.88. The molecule has 0 saturated heterocycles. The molecule has 1 atom stereocenters. The first-order chi connectivity index (χ1) is 15.7. The minimum atomic E-state index is -1.33. The Morgan fingerprint density at radius 3 is 2.79 bits per heavy atom. The van der Waals surface area contributed by atoms with E-state index in [1.165, 1.54) is 23.3 Å². The Morgan fingerprint density at radius 2 is 2.15 bits per heavy atom. The van der Waals surface area contributed by atoms with Gasteiger partial charge in [0.2, 0.25) is 5.82 Å². The molecule has 4 N–H and O–H groups in total. The Kier molecular flexibility index (Phi) is 11.4. The van der Waals surface area contributed by atoms with Crippen LogP contribution in [0.4, 0.5) is 20.3 Å². The van der Waals surface area contributed by atoms with Gasteiger partial charge in [0.1, 0.15) is 24.2 Å². The van der Waals surface area contributed by atoms with Crippen LogP contribution in [0.15, 0.2) is 32.3 Å². The van der Waals surface area contributed by atoms with E-state index in [0.29, 0.717) is 12.2 Å². The zero-order chi connectivity index (χ0) is 24.4. The predicted molar refractivity (Wildman–Crippen MR) is 125 cm³/mol. The minimum absolute atomic E-state index is 0.00453. The van der Waals surface area contributed by atoms with E-state index in [1.54, 1.807) is 11.5 Å². The van der Waals surface area contributed by atoms with Crippen LogP contribution in [0, 0.1) is 5.82 Å². The minimum Gasteiger partial charge on any atom is -0.362 e. The number of amidine groups is 1. The van der Waals surface area contributed by atoms with Crippen LogP contribution in [0.2, 0.25) is 0 Å². The highest BCUT2D eigenvalue weighted by molar-refractivity contribution is 9.10. The number of hydrazine groups is 1. The number of halogens is 3. The van der Waals surface area contributed by atoms with Gasteiger partial charge < -0.3 is 5.32 Å². The lowest BCUT2D eigenvalue weighted by molar-refractivity contribution is -0.0528. The third-order valence-corrected chi connectivity index (χ3v) is 5.11. The van der Waals surface area contributed by atoms with Crippen LogP contribution < -0.4 is 16.2 Å². The smallest absolute Gasteiger partial charge is 0.202 e. The lowest BCUT2D eigenvalue weighted by Gasteiger charge is -2.24. The van der Waals surface area contributed by atoms with Gasteiger partial charge in [0.05, 0.1) is 16.7 Å². The topological polar surface area (TPSA) is 123 Å². The van der Waals surface area contributed by atoms with E-state index in [-0.39, 0.29) is 41.0 Å². The highest BCUT2D eigenvalue weighted by Crippen LogP contribution is 2.23. The van der Waals surface area contributed by atoms with Gasteiger partial charge in [-0.05, 0) is 58.3 Å². The average Bonchev–Trinajstić information content (AvgIpc) is 3.23. The number of alkyl halides is 1. The van der Waals surface area contributed by atoms with Gasteiger partial charge in [-0.25, -0.2) is 28.1 Å². The second-order valence-electron chi connectivity index (χ2n) is 7.02. The number of nitrogens with one attached hydrogen (secondary N) is 3. The molecule has 184 valence electrons. The molecule has 0 saturated carbocycles.